The van der Waals surface area contributed by atoms with Crippen LogP contribution in [0.3, 0.4) is 0 Å². The summed E-state index contributed by atoms with van der Waals surface area (Å²) in [4.78, 5) is 23.2. The van der Waals surface area contributed by atoms with Gasteiger partial charge in [0.25, 0.3) is 0 Å². The Morgan fingerprint density at radius 2 is 1.92 bits per heavy atom. The maximum atomic E-state index is 12.8. The van der Waals surface area contributed by atoms with E-state index in [1.807, 2.05) is 0 Å². The van der Waals surface area contributed by atoms with E-state index in [0.717, 1.165) is 0 Å². The zero-order chi connectivity index (χ0) is 17.4. The molecule has 7 heteroatoms. The Balaban J connectivity index is 1.74. The number of carboxylic acid groups (broad SMARTS) is 1. The first-order chi connectivity index (χ1) is 11.5. The molecule has 6 nitrogen and oxygen atoms in total. The highest BCUT2D eigenvalue weighted by Gasteiger charge is 2.36. The van der Waals surface area contributed by atoms with Crippen molar-refractivity contribution in [3.63, 3.8) is 0 Å². The highest BCUT2D eigenvalue weighted by molar-refractivity contribution is 5.78. The van der Waals surface area contributed by atoms with Crippen LogP contribution in [0.15, 0.2) is 24.3 Å². The molecular weight excluding hydrogens is 317 g/mol. The molecular formula is C17H22FNO5. The van der Waals surface area contributed by atoms with Gasteiger partial charge in [-0.2, -0.15) is 0 Å². The van der Waals surface area contributed by atoms with Crippen LogP contribution in [-0.4, -0.2) is 42.3 Å². The van der Waals surface area contributed by atoms with Crippen LogP contribution in [-0.2, 0) is 14.3 Å². The normalized spacial score (nSPS) is 16.4. The van der Waals surface area contributed by atoms with Crippen LogP contribution in [0.1, 0.15) is 32.1 Å². The summed E-state index contributed by atoms with van der Waals surface area (Å²) in [7, 11) is 0. The van der Waals surface area contributed by atoms with Crippen molar-refractivity contribution in [2.24, 2.45) is 0 Å². The van der Waals surface area contributed by atoms with Gasteiger partial charge in [-0.25, -0.2) is 4.39 Å². The van der Waals surface area contributed by atoms with Gasteiger partial charge in [0, 0.05) is 19.6 Å². The van der Waals surface area contributed by atoms with Gasteiger partial charge in [0.1, 0.15) is 11.6 Å². The van der Waals surface area contributed by atoms with Crippen LogP contribution >= 0.6 is 0 Å². The van der Waals surface area contributed by atoms with Crippen molar-refractivity contribution < 1.29 is 28.6 Å². The van der Waals surface area contributed by atoms with E-state index >= 15 is 0 Å². The molecule has 0 spiro atoms. The number of hydrogen-bond donors (Lipinski definition) is 2. The lowest BCUT2D eigenvalue weighted by Crippen LogP contribution is -2.53. The highest BCUT2D eigenvalue weighted by atomic mass is 19.1. The molecule has 0 unspecified atom stereocenters. The van der Waals surface area contributed by atoms with Gasteiger partial charge in [0.2, 0.25) is 5.91 Å². The topological polar surface area (TPSA) is 84.9 Å². The molecule has 1 fully saturated rings. The average Bonchev–Trinajstić information content (AvgIpc) is 2.53. The minimum Gasteiger partial charge on any atom is -0.494 e. The maximum absolute atomic E-state index is 12.8. The summed E-state index contributed by atoms with van der Waals surface area (Å²) in [6.07, 6.45) is 1.62. The number of halogens is 1. The third-order valence-electron chi connectivity index (χ3n) is 3.97. The van der Waals surface area contributed by atoms with Gasteiger partial charge in [-0.15, -0.1) is 0 Å². The summed E-state index contributed by atoms with van der Waals surface area (Å²) in [5.41, 5.74) is -0.723. The monoisotopic (exact) mass is 339 g/mol. The molecule has 1 aliphatic rings. The quantitative estimate of drug-likeness (QED) is 0.709. The fraction of sp³-hybridized carbons (Fsp3) is 0.529. The SMILES string of the molecule is O=C(O)CC1(NC(=O)CCCOc2ccc(F)cc2)CCOCC1. The van der Waals surface area contributed by atoms with Crippen molar-refractivity contribution in [2.75, 3.05) is 19.8 Å². The Bertz CT molecular complexity index is 555. The number of ether oxygens (including phenoxy) is 2. The number of carbonyl (C=O) groups excluding carboxylic acids is 1. The van der Waals surface area contributed by atoms with Crippen LogP contribution in [0.4, 0.5) is 4.39 Å². The van der Waals surface area contributed by atoms with Gasteiger partial charge >= 0.3 is 5.97 Å². The Kier molecular flexibility index (Phi) is 6.54. The molecule has 1 aliphatic heterocycles. The van der Waals surface area contributed by atoms with Gasteiger partial charge in [0.15, 0.2) is 0 Å². The van der Waals surface area contributed by atoms with E-state index in [9.17, 15) is 14.0 Å². The molecule has 0 radical (unpaired) electrons. The van der Waals surface area contributed by atoms with E-state index in [1.54, 1.807) is 0 Å². The van der Waals surface area contributed by atoms with Crippen molar-refractivity contribution in [1.29, 1.82) is 0 Å². The third-order valence-corrected chi connectivity index (χ3v) is 3.97. The molecule has 1 amide bonds. The lowest BCUT2D eigenvalue weighted by Gasteiger charge is -2.36. The van der Waals surface area contributed by atoms with Crippen molar-refractivity contribution in [2.45, 2.75) is 37.6 Å². The van der Waals surface area contributed by atoms with E-state index in [4.69, 9.17) is 14.6 Å². The average molecular weight is 339 g/mol. The van der Waals surface area contributed by atoms with Crippen LogP contribution in [0, 0.1) is 5.82 Å². The van der Waals surface area contributed by atoms with E-state index in [1.165, 1.54) is 24.3 Å². The first-order valence-corrected chi connectivity index (χ1v) is 7.98. The standard InChI is InChI=1S/C17H22FNO5/c18-13-3-5-14(6-4-13)24-9-1-2-15(20)19-17(12-16(21)22)7-10-23-11-8-17/h3-6H,1-2,7-12H2,(H,19,20)(H,21,22). The van der Waals surface area contributed by atoms with E-state index in [0.29, 0.717) is 44.8 Å². The lowest BCUT2D eigenvalue weighted by molar-refractivity contribution is -0.140. The Hall–Kier alpha value is -2.15. The van der Waals surface area contributed by atoms with Gasteiger partial charge in [-0.3, -0.25) is 9.59 Å². The van der Waals surface area contributed by atoms with Crippen LogP contribution in [0.5, 0.6) is 5.75 Å². The van der Waals surface area contributed by atoms with Crippen LogP contribution in [0.25, 0.3) is 0 Å². The highest BCUT2D eigenvalue weighted by Crippen LogP contribution is 2.25. The summed E-state index contributed by atoms with van der Waals surface area (Å²) in [5.74, 6) is -0.914. The maximum Gasteiger partial charge on any atom is 0.305 e. The summed E-state index contributed by atoms with van der Waals surface area (Å²) >= 11 is 0. The number of carboxylic acids is 1. The van der Waals surface area contributed by atoms with E-state index < -0.39 is 11.5 Å². The summed E-state index contributed by atoms with van der Waals surface area (Å²) < 4.78 is 23.5. The van der Waals surface area contributed by atoms with Crippen molar-refractivity contribution in [1.82, 2.24) is 5.32 Å². The number of benzene rings is 1. The minimum atomic E-state index is -0.933. The molecule has 2 N–H and O–H groups in total. The number of nitrogens with one attached hydrogen (secondary N) is 1. The van der Waals surface area contributed by atoms with Crippen LogP contribution in [0.2, 0.25) is 0 Å². The zero-order valence-electron chi connectivity index (χ0n) is 13.4. The van der Waals surface area contributed by atoms with Gasteiger partial charge in [-0.1, -0.05) is 0 Å². The second-order valence-corrected chi connectivity index (χ2v) is 5.92. The molecule has 2 rings (SSSR count). The summed E-state index contributed by atoms with van der Waals surface area (Å²) in [6, 6.07) is 5.67. The smallest absolute Gasteiger partial charge is 0.305 e. The first kappa shape index (κ1) is 18.2. The fourth-order valence-corrected chi connectivity index (χ4v) is 2.71. The lowest BCUT2D eigenvalue weighted by atomic mass is 9.86. The van der Waals surface area contributed by atoms with Gasteiger partial charge in [0.05, 0.1) is 18.6 Å². The Morgan fingerprint density at radius 3 is 2.54 bits per heavy atom. The zero-order valence-corrected chi connectivity index (χ0v) is 13.4. The molecule has 1 heterocycles. The fourth-order valence-electron chi connectivity index (χ4n) is 2.71. The molecule has 24 heavy (non-hydrogen) atoms. The predicted molar refractivity (Wildman–Crippen MR) is 84.3 cm³/mol. The molecule has 0 bridgehead atoms. The summed E-state index contributed by atoms with van der Waals surface area (Å²) in [5, 5.41) is 11.9. The predicted octanol–water partition coefficient (Wildman–Crippen LogP) is 2.12. The Morgan fingerprint density at radius 1 is 1.25 bits per heavy atom. The molecule has 0 aliphatic carbocycles. The number of rotatable bonds is 8. The van der Waals surface area contributed by atoms with Gasteiger partial charge < -0.3 is 19.9 Å². The molecule has 1 aromatic rings. The number of aliphatic carboxylic acids is 1. The molecule has 0 saturated carbocycles. The van der Waals surface area contributed by atoms with Crippen molar-refractivity contribution in [3.05, 3.63) is 30.1 Å². The number of hydrogen-bond acceptors (Lipinski definition) is 4. The molecule has 1 aromatic carbocycles. The Labute approximate surface area is 139 Å². The number of amides is 1. The third kappa shape index (κ3) is 5.81. The van der Waals surface area contributed by atoms with Crippen molar-refractivity contribution in [3.8, 4) is 5.75 Å². The molecule has 0 aromatic heterocycles. The second kappa shape index (κ2) is 8.63. The van der Waals surface area contributed by atoms with Crippen molar-refractivity contribution >= 4 is 11.9 Å². The first-order valence-electron chi connectivity index (χ1n) is 7.98. The van der Waals surface area contributed by atoms with Crippen LogP contribution < -0.4 is 10.1 Å². The molecule has 132 valence electrons. The largest absolute Gasteiger partial charge is 0.494 e. The minimum absolute atomic E-state index is 0.103. The molecule has 1 saturated heterocycles. The molecule has 0 atom stereocenters. The second-order valence-electron chi connectivity index (χ2n) is 5.92. The van der Waals surface area contributed by atoms with E-state index in [-0.39, 0.29) is 24.6 Å². The summed E-state index contributed by atoms with van der Waals surface area (Å²) in [6.45, 7) is 1.22. The van der Waals surface area contributed by atoms with E-state index in [2.05, 4.69) is 5.32 Å². The number of carbonyl (C=O) groups is 2. The van der Waals surface area contributed by atoms with Gasteiger partial charge in [-0.05, 0) is 43.5 Å².